The summed E-state index contributed by atoms with van der Waals surface area (Å²) in [4.78, 5) is 41.1. The van der Waals surface area contributed by atoms with Crippen LogP contribution < -0.4 is 4.80 Å². The number of thiophene rings is 1. The van der Waals surface area contributed by atoms with E-state index in [-0.39, 0.29) is 13.2 Å². The van der Waals surface area contributed by atoms with Crippen LogP contribution >= 0.6 is 34.3 Å². The van der Waals surface area contributed by atoms with Crippen LogP contribution in [0, 0.1) is 0 Å². The van der Waals surface area contributed by atoms with Crippen LogP contribution in [0.15, 0.2) is 35.3 Å². The average Bonchev–Trinajstić information content (AvgIpc) is 3.25. The number of aromatic nitrogens is 1. The molecule has 0 aliphatic carbocycles. The van der Waals surface area contributed by atoms with Crippen molar-refractivity contribution < 1.29 is 23.9 Å². The van der Waals surface area contributed by atoms with E-state index in [1.165, 1.54) is 18.4 Å². The van der Waals surface area contributed by atoms with Gasteiger partial charge in [-0.1, -0.05) is 22.9 Å². The second-order valence-electron chi connectivity index (χ2n) is 5.47. The molecule has 1 amide bonds. The van der Waals surface area contributed by atoms with Crippen LogP contribution in [-0.4, -0.2) is 36.1 Å². The summed E-state index contributed by atoms with van der Waals surface area (Å²) in [7, 11) is 1.28. The third-order valence-electron chi connectivity index (χ3n) is 3.69. The number of esters is 2. The number of carbonyl (C=O) groups excluding carboxylic acids is 3. The Morgan fingerprint density at radius 3 is 2.61 bits per heavy atom. The van der Waals surface area contributed by atoms with Crippen molar-refractivity contribution in [1.29, 1.82) is 0 Å². The predicted octanol–water partition coefficient (Wildman–Crippen LogP) is 3.51. The van der Waals surface area contributed by atoms with Gasteiger partial charge in [0.05, 0.1) is 38.7 Å². The number of rotatable bonds is 5. The van der Waals surface area contributed by atoms with Crippen molar-refractivity contribution in [2.45, 2.75) is 13.5 Å². The minimum Gasteiger partial charge on any atom is -0.468 e. The summed E-state index contributed by atoms with van der Waals surface area (Å²) in [6, 6.07) is 8.15. The Balaban J connectivity index is 2.12. The van der Waals surface area contributed by atoms with Gasteiger partial charge < -0.3 is 14.0 Å². The Bertz CT molecular complexity index is 1130. The van der Waals surface area contributed by atoms with E-state index < -0.39 is 17.8 Å². The van der Waals surface area contributed by atoms with Crippen LogP contribution in [0.3, 0.4) is 0 Å². The molecule has 0 aliphatic rings. The summed E-state index contributed by atoms with van der Waals surface area (Å²) >= 11 is 8.19. The number of hydrogen-bond acceptors (Lipinski definition) is 7. The van der Waals surface area contributed by atoms with Crippen LogP contribution in [0.2, 0.25) is 4.34 Å². The summed E-state index contributed by atoms with van der Waals surface area (Å²) in [5, 5.41) is 0. The van der Waals surface area contributed by atoms with Crippen LogP contribution in [0.4, 0.5) is 0 Å². The molecule has 0 bridgehead atoms. The molecule has 146 valence electrons. The van der Waals surface area contributed by atoms with Gasteiger partial charge in [-0.25, -0.2) is 4.79 Å². The number of thiazole rings is 1. The first kappa shape index (κ1) is 20.2. The second-order valence-corrected chi connectivity index (χ2v) is 8.19. The zero-order valence-corrected chi connectivity index (χ0v) is 17.3. The number of benzene rings is 1. The number of amides is 1. The number of halogens is 1. The summed E-state index contributed by atoms with van der Waals surface area (Å²) < 4.78 is 12.5. The van der Waals surface area contributed by atoms with Crippen molar-refractivity contribution in [2.24, 2.45) is 4.99 Å². The van der Waals surface area contributed by atoms with Crippen LogP contribution in [0.5, 0.6) is 0 Å². The van der Waals surface area contributed by atoms with Crippen molar-refractivity contribution >= 4 is 62.3 Å². The maximum absolute atomic E-state index is 12.5. The molecule has 0 N–H and O–H groups in total. The van der Waals surface area contributed by atoms with E-state index in [9.17, 15) is 14.4 Å². The molecule has 10 heteroatoms. The molecule has 3 aromatic rings. The summed E-state index contributed by atoms with van der Waals surface area (Å²) in [6.45, 7) is 1.87. The molecule has 0 spiro atoms. The van der Waals surface area contributed by atoms with E-state index >= 15 is 0 Å². The van der Waals surface area contributed by atoms with Gasteiger partial charge in [-0.2, -0.15) is 4.99 Å². The highest BCUT2D eigenvalue weighted by molar-refractivity contribution is 7.18. The Morgan fingerprint density at radius 2 is 1.96 bits per heavy atom. The fourth-order valence-electron chi connectivity index (χ4n) is 2.42. The van der Waals surface area contributed by atoms with Gasteiger partial charge in [0, 0.05) is 0 Å². The first-order valence-corrected chi connectivity index (χ1v) is 10.2. The molecule has 7 nitrogen and oxygen atoms in total. The average molecular weight is 439 g/mol. The lowest BCUT2D eigenvalue weighted by Crippen LogP contribution is -2.22. The monoisotopic (exact) mass is 438 g/mol. The van der Waals surface area contributed by atoms with E-state index in [2.05, 4.69) is 4.99 Å². The third kappa shape index (κ3) is 4.32. The van der Waals surface area contributed by atoms with Gasteiger partial charge in [0.2, 0.25) is 0 Å². The lowest BCUT2D eigenvalue weighted by Gasteiger charge is -2.05. The Morgan fingerprint density at radius 1 is 1.18 bits per heavy atom. The van der Waals surface area contributed by atoms with Gasteiger partial charge in [0.15, 0.2) is 4.80 Å². The second kappa shape index (κ2) is 8.68. The van der Waals surface area contributed by atoms with Crippen LogP contribution in [0.25, 0.3) is 10.2 Å². The Kier molecular flexibility index (Phi) is 6.28. The molecule has 3 rings (SSSR count). The van der Waals surface area contributed by atoms with E-state index in [1.54, 1.807) is 41.8 Å². The highest BCUT2D eigenvalue weighted by atomic mass is 35.5. The summed E-state index contributed by atoms with van der Waals surface area (Å²) in [6.07, 6.45) is 0. The largest absolute Gasteiger partial charge is 0.468 e. The fraction of sp³-hybridized carbons (Fsp3) is 0.222. The van der Waals surface area contributed by atoms with Crippen molar-refractivity contribution in [1.82, 2.24) is 4.57 Å². The number of carbonyl (C=O) groups is 3. The molecular weight excluding hydrogens is 424 g/mol. The Hall–Kier alpha value is -2.49. The first-order chi connectivity index (χ1) is 13.4. The lowest BCUT2D eigenvalue weighted by atomic mass is 10.2. The SMILES string of the molecule is CCOC(=O)c1ccc2c(c1)sc(=NC(=O)c1ccc(Cl)s1)n2CC(=O)OC. The van der Waals surface area contributed by atoms with Crippen molar-refractivity contribution in [3.8, 4) is 0 Å². The molecule has 0 aliphatic heterocycles. The maximum atomic E-state index is 12.5. The number of ether oxygens (including phenoxy) is 2. The minimum atomic E-state index is -0.484. The first-order valence-electron chi connectivity index (χ1n) is 8.14. The molecule has 2 aromatic heterocycles. The zero-order chi connectivity index (χ0) is 20.3. The highest BCUT2D eigenvalue weighted by Gasteiger charge is 2.15. The quantitative estimate of drug-likeness (QED) is 0.569. The summed E-state index contributed by atoms with van der Waals surface area (Å²) in [5.41, 5.74) is 1.03. The molecule has 0 unspecified atom stereocenters. The van der Waals surface area contributed by atoms with Gasteiger partial charge in [-0.15, -0.1) is 11.3 Å². The number of nitrogens with zero attached hydrogens (tertiary/aromatic N) is 2. The molecule has 2 heterocycles. The van der Waals surface area contributed by atoms with E-state index in [0.29, 0.717) is 29.8 Å². The molecule has 0 atom stereocenters. The van der Waals surface area contributed by atoms with Crippen molar-refractivity contribution in [2.75, 3.05) is 13.7 Å². The maximum Gasteiger partial charge on any atom is 0.338 e. The van der Waals surface area contributed by atoms with Crippen LogP contribution in [0.1, 0.15) is 27.0 Å². The van der Waals surface area contributed by atoms with Crippen LogP contribution in [-0.2, 0) is 20.8 Å². The highest BCUT2D eigenvalue weighted by Crippen LogP contribution is 2.23. The molecule has 0 radical (unpaired) electrons. The normalized spacial score (nSPS) is 11.6. The van der Waals surface area contributed by atoms with Gasteiger partial charge in [0.1, 0.15) is 6.54 Å². The fourth-order valence-corrected chi connectivity index (χ4v) is 4.41. The summed E-state index contributed by atoms with van der Waals surface area (Å²) in [5.74, 6) is -1.39. The smallest absolute Gasteiger partial charge is 0.338 e. The topological polar surface area (TPSA) is 87.0 Å². The molecule has 1 aromatic carbocycles. The van der Waals surface area contributed by atoms with E-state index in [4.69, 9.17) is 21.1 Å². The molecule has 0 saturated heterocycles. The minimum absolute atomic E-state index is 0.118. The third-order valence-corrected chi connectivity index (χ3v) is 5.95. The molecule has 0 fully saturated rings. The molecular formula is C18H15ClN2O5S2. The lowest BCUT2D eigenvalue weighted by molar-refractivity contribution is -0.141. The van der Waals surface area contributed by atoms with Crippen molar-refractivity contribution in [3.05, 3.63) is 49.9 Å². The predicted molar refractivity (Wildman–Crippen MR) is 107 cm³/mol. The number of fused-ring (bicyclic) bond motifs is 1. The van der Waals surface area contributed by atoms with Gasteiger partial charge in [-0.3, -0.25) is 9.59 Å². The zero-order valence-electron chi connectivity index (χ0n) is 14.9. The van der Waals surface area contributed by atoms with Gasteiger partial charge >= 0.3 is 11.9 Å². The van der Waals surface area contributed by atoms with Gasteiger partial charge in [-0.05, 0) is 37.3 Å². The number of hydrogen-bond donors (Lipinski definition) is 0. The number of methoxy groups -OCH3 is 1. The van der Waals surface area contributed by atoms with Gasteiger partial charge in [0.25, 0.3) is 5.91 Å². The molecule has 28 heavy (non-hydrogen) atoms. The molecule has 0 saturated carbocycles. The van der Waals surface area contributed by atoms with E-state index in [0.717, 1.165) is 11.3 Å². The Labute approximate surface area is 172 Å². The van der Waals surface area contributed by atoms with E-state index in [1.807, 2.05) is 0 Å². The standard InChI is InChI=1S/C18H15ClN2O5S2/c1-3-26-17(24)10-4-5-11-13(8-10)28-18(21(11)9-15(22)25-2)20-16(23)12-6-7-14(19)27-12/h4-8H,3,9H2,1-2H3. The van der Waals surface area contributed by atoms with Crippen molar-refractivity contribution in [3.63, 3.8) is 0 Å².